The third kappa shape index (κ3) is 6.04. The Labute approximate surface area is 194 Å². The molecule has 1 aliphatic heterocycles. The van der Waals surface area contributed by atoms with Crippen LogP contribution in [0.1, 0.15) is 67.8 Å². The van der Waals surface area contributed by atoms with Crippen LogP contribution in [0.2, 0.25) is 0 Å². The molecule has 0 aliphatic carbocycles. The second kappa shape index (κ2) is 10.9. The molecular weight excluding hydrogens is 418 g/mol. The molecule has 2 aromatic heterocycles. The fourth-order valence-electron chi connectivity index (χ4n) is 4.18. The van der Waals surface area contributed by atoms with Crippen molar-refractivity contribution in [1.82, 2.24) is 19.7 Å². The van der Waals surface area contributed by atoms with Crippen LogP contribution in [-0.4, -0.2) is 38.7 Å². The Morgan fingerprint density at radius 1 is 1.19 bits per heavy atom. The largest absolute Gasteiger partial charge is 0.311 e. The molecule has 0 saturated carbocycles. The Morgan fingerprint density at radius 3 is 2.69 bits per heavy atom. The molecule has 0 spiro atoms. The number of benzene rings is 1. The van der Waals surface area contributed by atoms with Gasteiger partial charge in [-0.05, 0) is 37.2 Å². The van der Waals surface area contributed by atoms with Gasteiger partial charge in [-0.2, -0.15) is 5.10 Å². The van der Waals surface area contributed by atoms with Gasteiger partial charge >= 0.3 is 0 Å². The molecule has 1 aromatic carbocycles. The molecule has 1 fully saturated rings. The van der Waals surface area contributed by atoms with E-state index in [-0.39, 0.29) is 5.91 Å². The van der Waals surface area contributed by atoms with Crippen molar-refractivity contribution in [2.24, 2.45) is 0 Å². The fourth-order valence-corrected chi connectivity index (χ4v) is 5.18. The lowest BCUT2D eigenvalue weighted by atomic mass is 10.1. The first kappa shape index (κ1) is 22.7. The van der Waals surface area contributed by atoms with E-state index in [0.29, 0.717) is 18.4 Å². The Hall–Kier alpha value is -2.51. The van der Waals surface area contributed by atoms with Crippen molar-refractivity contribution in [3.63, 3.8) is 0 Å². The van der Waals surface area contributed by atoms with Gasteiger partial charge in [-0.15, -0.1) is 11.3 Å². The number of carbonyl (C=O) groups is 1. The number of aryl methyl sites for hydroxylation is 1. The summed E-state index contributed by atoms with van der Waals surface area (Å²) in [6.45, 7) is 7.34. The van der Waals surface area contributed by atoms with Gasteiger partial charge in [-0.25, -0.2) is 9.67 Å². The standard InChI is InChI=1S/C25H33N5OS/c1-19(2)22-18-32-25(27-22)17-29-15-12-21(13-16-29)30-23(11-14-26-30)28-24(31)10-6-9-20-7-4-3-5-8-20/h3-5,7-8,11,14,18-19,21H,6,9-10,12-13,15-17H2,1-2H3,(H,28,31). The molecule has 1 amide bonds. The number of nitrogens with zero attached hydrogens (tertiary/aromatic N) is 4. The summed E-state index contributed by atoms with van der Waals surface area (Å²) in [7, 11) is 0. The normalized spacial score (nSPS) is 15.3. The predicted molar refractivity (Wildman–Crippen MR) is 130 cm³/mol. The number of likely N-dealkylation sites (tertiary alicyclic amines) is 1. The summed E-state index contributed by atoms with van der Waals surface area (Å²) < 4.78 is 2.01. The van der Waals surface area contributed by atoms with Crippen LogP contribution in [0.5, 0.6) is 0 Å². The zero-order valence-corrected chi connectivity index (χ0v) is 19.9. The number of piperidine rings is 1. The third-order valence-corrected chi connectivity index (χ3v) is 6.92. The van der Waals surface area contributed by atoms with Gasteiger partial charge in [0.1, 0.15) is 10.8 Å². The Kier molecular flexibility index (Phi) is 7.71. The second-order valence-electron chi connectivity index (χ2n) is 8.88. The van der Waals surface area contributed by atoms with Crippen molar-refractivity contribution in [1.29, 1.82) is 0 Å². The lowest BCUT2D eigenvalue weighted by Crippen LogP contribution is -2.35. The van der Waals surface area contributed by atoms with Crippen LogP contribution in [0.3, 0.4) is 0 Å². The number of hydrogen-bond acceptors (Lipinski definition) is 5. The van der Waals surface area contributed by atoms with E-state index in [2.05, 4.69) is 46.7 Å². The number of anilines is 1. The van der Waals surface area contributed by atoms with Crippen LogP contribution in [0.15, 0.2) is 48.0 Å². The van der Waals surface area contributed by atoms with Crippen LogP contribution in [0, 0.1) is 0 Å². The first-order valence-electron chi connectivity index (χ1n) is 11.6. The molecule has 0 radical (unpaired) electrons. The van der Waals surface area contributed by atoms with E-state index in [1.54, 1.807) is 17.5 Å². The quantitative estimate of drug-likeness (QED) is 0.482. The maximum Gasteiger partial charge on any atom is 0.225 e. The van der Waals surface area contributed by atoms with Crippen LogP contribution in [0.4, 0.5) is 5.82 Å². The first-order valence-corrected chi connectivity index (χ1v) is 12.5. The molecular formula is C25H33N5OS. The SMILES string of the molecule is CC(C)c1csc(CN2CCC(n3nccc3NC(=O)CCCc3ccccc3)CC2)n1. The molecule has 4 rings (SSSR count). The molecule has 32 heavy (non-hydrogen) atoms. The lowest BCUT2D eigenvalue weighted by Gasteiger charge is -2.32. The van der Waals surface area contributed by atoms with E-state index in [0.717, 1.165) is 51.1 Å². The van der Waals surface area contributed by atoms with Gasteiger partial charge in [0, 0.05) is 31.0 Å². The molecule has 0 bridgehead atoms. The van der Waals surface area contributed by atoms with Crippen molar-refractivity contribution < 1.29 is 4.79 Å². The minimum absolute atomic E-state index is 0.0600. The number of thiazole rings is 1. The van der Waals surface area contributed by atoms with E-state index >= 15 is 0 Å². The van der Waals surface area contributed by atoms with Crippen molar-refractivity contribution in [2.75, 3.05) is 18.4 Å². The molecule has 3 aromatic rings. The molecule has 1 aliphatic rings. The summed E-state index contributed by atoms with van der Waals surface area (Å²) in [6, 6.07) is 12.5. The van der Waals surface area contributed by atoms with Gasteiger partial charge in [-0.3, -0.25) is 9.69 Å². The molecule has 0 unspecified atom stereocenters. The fraction of sp³-hybridized carbons (Fsp3) is 0.480. The van der Waals surface area contributed by atoms with Crippen molar-refractivity contribution in [2.45, 2.75) is 64.5 Å². The maximum atomic E-state index is 12.5. The number of rotatable bonds is 9. The molecule has 3 heterocycles. The number of amides is 1. The lowest BCUT2D eigenvalue weighted by molar-refractivity contribution is -0.116. The van der Waals surface area contributed by atoms with Gasteiger partial charge in [-0.1, -0.05) is 44.2 Å². The smallest absolute Gasteiger partial charge is 0.225 e. The Morgan fingerprint density at radius 2 is 1.97 bits per heavy atom. The number of carbonyl (C=O) groups excluding carboxylic acids is 1. The van der Waals surface area contributed by atoms with E-state index in [9.17, 15) is 4.79 Å². The zero-order valence-electron chi connectivity index (χ0n) is 19.0. The first-order chi connectivity index (χ1) is 15.6. The summed E-state index contributed by atoms with van der Waals surface area (Å²) in [5, 5.41) is 11.0. The molecule has 1 saturated heterocycles. The van der Waals surface area contributed by atoms with Crippen molar-refractivity contribution in [3.8, 4) is 0 Å². The molecule has 170 valence electrons. The average molecular weight is 452 g/mol. The van der Waals surface area contributed by atoms with E-state index in [1.165, 1.54) is 16.3 Å². The summed E-state index contributed by atoms with van der Waals surface area (Å²) >= 11 is 1.77. The van der Waals surface area contributed by atoms with Gasteiger partial charge < -0.3 is 5.32 Å². The van der Waals surface area contributed by atoms with Gasteiger partial charge in [0.2, 0.25) is 5.91 Å². The molecule has 7 heteroatoms. The molecule has 1 N–H and O–H groups in total. The van der Waals surface area contributed by atoms with E-state index < -0.39 is 0 Å². The summed E-state index contributed by atoms with van der Waals surface area (Å²) in [6.07, 6.45) is 6.13. The summed E-state index contributed by atoms with van der Waals surface area (Å²) in [5.74, 6) is 1.36. The molecule has 0 atom stereocenters. The molecule has 6 nitrogen and oxygen atoms in total. The highest BCUT2D eigenvalue weighted by Gasteiger charge is 2.24. The Bertz CT molecular complexity index is 989. The van der Waals surface area contributed by atoms with Crippen LogP contribution in [-0.2, 0) is 17.8 Å². The van der Waals surface area contributed by atoms with Crippen molar-refractivity contribution in [3.05, 3.63) is 64.2 Å². The third-order valence-electron chi connectivity index (χ3n) is 6.07. The van der Waals surface area contributed by atoms with Crippen molar-refractivity contribution >= 4 is 23.1 Å². The highest BCUT2D eigenvalue weighted by atomic mass is 32.1. The van der Waals surface area contributed by atoms with Gasteiger partial charge in [0.25, 0.3) is 0 Å². The minimum Gasteiger partial charge on any atom is -0.311 e. The maximum absolute atomic E-state index is 12.5. The average Bonchev–Trinajstić information content (AvgIpc) is 3.45. The predicted octanol–water partition coefficient (Wildman–Crippen LogP) is 5.26. The number of aromatic nitrogens is 3. The number of hydrogen-bond donors (Lipinski definition) is 1. The minimum atomic E-state index is 0.0600. The van der Waals surface area contributed by atoms with Crippen LogP contribution >= 0.6 is 11.3 Å². The second-order valence-corrected chi connectivity index (χ2v) is 9.82. The Balaban J connectivity index is 1.24. The van der Waals surface area contributed by atoms with Crippen LogP contribution in [0.25, 0.3) is 0 Å². The highest BCUT2D eigenvalue weighted by Crippen LogP contribution is 2.27. The van der Waals surface area contributed by atoms with E-state index in [1.807, 2.05) is 28.9 Å². The summed E-state index contributed by atoms with van der Waals surface area (Å²) in [4.78, 5) is 19.7. The van der Waals surface area contributed by atoms with Crippen LogP contribution < -0.4 is 5.32 Å². The number of nitrogens with one attached hydrogen (secondary N) is 1. The monoisotopic (exact) mass is 451 g/mol. The van der Waals surface area contributed by atoms with Gasteiger partial charge in [0.15, 0.2) is 0 Å². The zero-order chi connectivity index (χ0) is 22.3. The van der Waals surface area contributed by atoms with Gasteiger partial charge in [0.05, 0.1) is 24.5 Å². The topological polar surface area (TPSA) is 63.1 Å². The highest BCUT2D eigenvalue weighted by molar-refractivity contribution is 7.09. The summed E-state index contributed by atoms with van der Waals surface area (Å²) in [5.41, 5.74) is 2.47. The van der Waals surface area contributed by atoms with E-state index in [4.69, 9.17) is 4.98 Å².